The number of carbonyl (C=O) groups excluding carboxylic acids is 1. The molecule has 0 unspecified atom stereocenters. The summed E-state index contributed by atoms with van der Waals surface area (Å²) < 4.78 is 0. The lowest BCUT2D eigenvalue weighted by Gasteiger charge is -2.25. The summed E-state index contributed by atoms with van der Waals surface area (Å²) in [5.41, 5.74) is 8.74. The summed E-state index contributed by atoms with van der Waals surface area (Å²) >= 11 is 0. The lowest BCUT2D eigenvalue weighted by molar-refractivity contribution is -0.124. The van der Waals surface area contributed by atoms with Crippen molar-refractivity contribution in [2.75, 3.05) is 13.1 Å². The van der Waals surface area contributed by atoms with Gasteiger partial charge >= 0.3 is 5.84 Å². The van der Waals surface area contributed by atoms with E-state index in [0.29, 0.717) is 0 Å². The fourth-order valence-electron chi connectivity index (χ4n) is 1.73. The van der Waals surface area contributed by atoms with Crippen LogP contribution < -0.4 is 0 Å². The monoisotopic (exact) mass is 205 g/mol. The Labute approximate surface area is 86.9 Å². The van der Waals surface area contributed by atoms with Crippen molar-refractivity contribution in [3.8, 4) is 0 Å². The van der Waals surface area contributed by atoms with Crippen LogP contribution in [0.1, 0.15) is 19.3 Å². The van der Waals surface area contributed by atoms with E-state index in [1.807, 2.05) is 0 Å². The molecule has 2 rings (SSSR count). The molecule has 1 amide bonds. The van der Waals surface area contributed by atoms with Crippen LogP contribution >= 0.6 is 0 Å². The molecule has 0 bridgehead atoms. The van der Waals surface area contributed by atoms with Crippen molar-refractivity contribution in [1.29, 1.82) is 0 Å². The minimum absolute atomic E-state index is 0.00516. The minimum Gasteiger partial charge on any atom is -0.497 e. The van der Waals surface area contributed by atoms with Crippen LogP contribution in [0.2, 0.25) is 0 Å². The molecule has 0 aromatic rings. The molecule has 0 atom stereocenters. The molecular weight excluding hydrogens is 194 g/mol. The van der Waals surface area contributed by atoms with Crippen LogP contribution in [0.3, 0.4) is 0 Å². The molecule has 6 heteroatoms. The number of nitrogens with zero attached hydrogens (tertiary/aromatic N) is 5. The Kier molecular flexibility index (Phi) is 2.69. The first-order chi connectivity index (χ1) is 7.33. The van der Waals surface area contributed by atoms with Crippen LogP contribution in [0, 0.1) is 0 Å². The third-order valence-corrected chi connectivity index (χ3v) is 2.52. The fourth-order valence-corrected chi connectivity index (χ4v) is 1.73. The molecule has 78 valence electrons. The van der Waals surface area contributed by atoms with E-state index in [4.69, 9.17) is 5.53 Å². The van der Waals surface area contributed by atoms with Gasteiger partial charge in [-0.25, -0.2) is 0 Å². The molecule has 15 heavy (non-hydrogen) atoms. The first kappa shape index (κ1) is 9.73. The van der Waals surface area contributed by atoms with Crippen molar-refractivity contribution in [3.63, 3.8) is 0 Å². The summed E-state index contributed by atoms with van der Waals surface area (Å²) in [6.45, 7) is 1.49. The van der Waals surface area contributed by atoms with Gasteiger partial charge in [-0.1, -0.05) is 0 Å². The summed E-state index contributed by atoms with van der Waals surface area (Å²) in [6, 6.07) is 0. The number of piperidine rings is 1. The number of carbonyl (C=O) groups is 1. The highest BCUT2D eigenvalue weighted by Gasteiger charge is 2.32. The zero-order valence-electron chi connectivity index (χ0n) is 8.26. The second-order valence-electron chi connectivity index (χ2n) is 3.50. The highest BCUT2D eigenvalue weighted by molar-refractivity contribution is 6.67. The Morgan fingerprint density at radius 1 is 1.40 bits per heavy atom. The van der Waals surface area contributed by atoms with E-state index in [1.165, 1.54) is 6.34 Å². The molecule has 2 heterocycles. The summed E-state index contributed by atoms with van der Waals surface area (Å²) in [5, 5.41) is 0. The Hall–Kier alpha value is -1.81. The zero-order valence-corrected chi connectivity index (χ0v) is 8.26. The molecule has 0 aliphatic carbocycles. The second kappa shape index (κ2) is 4.14. The molecule has 6 nitrogen and oxygen atoms in total. The van der Waals surface area contributed by atoms with Crippen molar-refractivity contribution in [1.82, 2.24) is 4.90 Å². The molecule has 1 saturated heterocycles. The standard InChI is InChI=1S/C9H11N5O/c10-13-8-7(11-6-12-8)9(15)14-4-2-1-3-5-14/h6H,1-5H2. The van der Waals surface area contributed by atoms with Crippen LogP contribution in [0.15, 0.2) is 9.98 Å². The van der Waals surface area contributed by atoms with Crippen LogP contribution in [0.5, 0.6) is 0 Å². The number of hydrogen-bond acceptors (Lipinski definition) is 2. The summed E-state index contributed by atoms with van der Waals surface area (Å²) in [4.78, 5) is 24.0. The quantitative estimate of drug-likeness (QED) is 0.442. The molecule has 0 N–H and O–H groups in total. The normalized spacial score (nSPS) is 20.1. The van der Waals surface area contributed by atoms with Crippen molar-refractivity contribution in [2.24, 2.45) is 9.98 Å². The molecular formula is C9H11N5O. The van der Waals surface area contributed by atoms with Crippen LogP contribution in [-0.4, -0.2) is 46.6 Å². The molecule has 1 fully saturated rings. The number of hydrogen-bond donors (Lipinski definition) is 0. The third kappa shape index (κ3) is 1.85. The third-order valence-electron chi connectivity index (χ3n) is 2.52. The first-order valence-corrected chi connectivity index (χ1v) is 4.95. The maximum atomic E-state index is 11.9. The van der Waals surface area contributed by atoms with Gasteiger partial charge in [0.25, 0.3) is 5.91 Å². The number of aliphatic imine (C=N–C) groups is 2. The van der Waals surface area contributed by atoms with Gasteiger partial charge in [0.05, 0.1) is 0 Å². The fraction of sp³-hybridized carbons (Fsp3) is 0.556. The van der Waals surface area contributed by atoms with Gasteiger partial charge in [0.2, 0.25) is 12.1 Å². The molecule has 0 saturated carbocycles. The highest BCUT2D eigenvalue weighted by Crippen LogP contribution is 2.10. The summed E-state index contributed by atoms with van der Waals surface area (Å²) in [5.74, 6) is -0.189. The topological polar surface area (TPSA) is 81.4 Å². The van der Waals surface area contributed by atoms with Gasteiger partial charge in [0.15, 0.2) is 0 Å². The van der Waals surface area contributed by atoms with E-state index < -0.39 is 0 Å². The second-order valence-corrected chi connectivity index (χ2v) is 3.50. The van der Waals surface area contributed by atoms with Gasteiger partial charge in [-0.3, -0.25) is 4.79 Å². The van der Waals surface area contributed by atoms with E-state index in [1.54, 1.807) is 4.90 Å². The average molecular weight is 205 g/mol. The zero-order chi connectivity index (χ0) is 10.7. The van der Waals surface area contributed by atoms with E-state index in [0.717, 1.165) is 32.4 Å². The number of amidine groups is 1. The van der Waals surface area contributed by atoms with Crippen LogP contribution in [0.4, 0.5) is 0 Å². The van der Waals surface area contributed by atoms with Gasteiger partial charge in [0, 0.05) is 13.1 Å². The molecule has 2 aliphatic rings. The molecule has 0 spiro atoms. The van der Waals surface area contributed by atoms with Crippen molar-refractivity contribution >= 4 is 23.8 Å². The highest BCUT2D eigenvalue weighted by atomic mass is 16.2. The van der Waals surface area contributed by atoms with Crippen LogP contribution in [-0.2, 0) is 4.79 Å². The maximum absolute atomic E-state index is 11.9. The molecule has 2 aliphatic heterocycles. The van der Waals surface area contributed by atoms with Crippen molar-refractivity contribution in [3.05, 3.63) is 5.53 Å². The van der Waals surface area contributed by atoms with E-state index in [-0.39, 0.29) is 17.5 Å². The van der Waals surface area contributed by atoms with Crippen molar-refractivity contribution in [2.45, 2.75) is 19.3 Å². The maximum Gasteiger partial charge on any atom is 0.434 e. The molecule has 0 aromatic heterocycles. The van der Waals surface area contributed by atoms with Gasteiger partial charge in [-0.05, 0) is 24.3 Å². The first-order valence-electron chi connectivity index (χ1n) is 4.95. The minimum atomic E-state index is -0.194. The SMILES string of the molecule is [N-]=[N+]=C1N=CN=C1C(=O)N1CCCCC1. The van der Waals surface area contributed by atoms with Gasteiger partial charge in [-0.15, -0.1) is 0 Å². The Bertz CT molecular complexity index is 385. The number of amides is 1. The Balaban J connectivity index is 2.11. The molecule has 0 aromatic carbocycles. The van der Waals surface area contributed by atoms with E-state index in [2.05, 4.69) is 14.8 Å². The predicted octanol–water partition coefficient (Wildman–Crippen LogP) is 0.110. The number of likely N-dealkylation sites (tertiary alicyclic amines) is 1. The smallest absolute Gasteiger partial charge is 0.434 e. The van der Waals surface area contributed by atoms with Gasteiger partial charge in [0.1, 0.15) is 0 Å². The Morgan fingerprint density at radius 2 is 2.13 bits per heavy atom. The van der Waals surface area contributed by atoms with Crippen LogP contribution in [0.25, 0.3) is 5.53 Å². The Morgan fingerprint density at radius 3 is 2.80 bits per heavy atom. The van der Waals surface area contributed by atoms with Gasteiger partial charge in [-0.2, -0.15) is 4.99 Å². The van der Waals surface area contributed by atoms with Crippen molar-refractivity contribution < 1.29 is 9.58 Å². The predicted molar refractivity (Wildman–Crippen MR) is 55.0 cm³/mol. The lowest BCUT2D eigenvalue weighted by Crippen LogP contribution is -2.41. The lowest BCUT2D eigenvalue weighted by atomic mass is 10.1. The summed E-state index contributed by atoms with van der Waals surface area (Å²) in [7, 11) is 0. The van der Waals surface area contributed by atoms with E-state index >= 15 is 0 Å². The molecule has 0 radical (unpaired) electrons. The largest absolute Gasteiger partial charge is 0.497 e. The average Bonchev–Trinajstić information content (AvgIpc) is 2.77. The van der Waals surface area contributed by atoms with Gasteiger partial charge < -0.3 is 15.2 Å². The van der Waals surface area contributed by atoms with E-state index in [9.17, 15) is 4.79 Å². The summed E-state index contributed by atoms with van der Waals surface area (Å²) in [6.07, 6.45) is 4.43. The number of rotatable bonds is 1.